The summed E-state index contributed by atoms with van der Waals surface area (Å²) in [4.78, 5) is 12.7. The van der Waals surface area contributed by atoms with Gasteiger partial charge in [-0.1, -0.05) is 24.3 Å². The van der Waals surface area contributed by atoms with E-state index in [4.69, 9.17) is 11.6 Å². The number of benzene rings is 1. The molecule has 14 heavy (non-hydrogen) atoms. The summed E-state index contributed by atoms with van der Waals surface area (Å²) in [6, 6.07) is 8.23. The van der Waals surface area contributed by atoms with Gasteiger partial charge in [-0.15, -0.1) is 0 Å². The van der Waals surface area contributed by atoms with Crippen molar-refractivity contribution in [1.82, 2.24) is 4.90 Å². The van der Waals surface area contributed by atoms with Crippen LogP contribution < -0.4 is 0 Å². The quantitative estimate of drug-likeness (QED) is 0.475. The maximum absolute atomic E-state index is 11.1. The van der Waals surface area contributed by atoms with Gasteiger partial charge < -0.3 is 4.90 Å². The molecule has 1 aromatic carbocycles. The predicted molar refractivity (Wildman–Crippen MR) is 56.4 cm³/mol. The molecule has 0 spiro atoms. The van der Waals surface area contributed by atoms with E-state index in [0.717, 1.165) is 19.4 Å². The number of fused-ring (bicyclic) bond motifs is 1. The maximum Gasteiger partial charge on any atom is 0.316 e. The molecule has 0 radical (unpaired) electrons. The summed E-state index contributed by atoms with van der Waals surface area (Å²) in [6.07, 6.45) is 2.03. The van der Waals surface area contributed by atoms with E-state index < -0.39 is 0 Å². The predicted octanol–water partition coefficient (Wildman–Crippen LogP) is 2.79. The highest BCUT2D eigenvalue weighted by molar-refractivity contribution is 6.62. The largest absolute Gasteiger partial charge is 0.325 e. The molecule has 0 N–H and O–H groups in total. The standard InChI is InChI=1S/C11H12ClNO/c12-11(14)13-7-3-6-9-4-1-2-5-10(9)8-13/h1-2,4-5H,3,6-8H2. The van der Waals surface area contributed by atoms with Crippen LogP contribution in [-0.4, -0.2) is 16.8 Å². The molecule has 0 fully saturated rings. The molecule has 0 saturated carbocycles. The lowest BCUT2D eigenvalue weighted by molar-refractivity contribution is 0.220. The first-order valence-electron chi connectivity index (χ1n) is 4.78. The molecular weight excluding hydrogens is 198 g/mol. The van der Waals surface area contributed by atoms with Gasteiger partial charge in [-0.25, -0.2) is 0 Å². The minimum Gasteiger partial charge on any atom is -0.325 e. The number of hydrogen-bond donors (Lipinski definition) is 0. The van der Waals surface area contributed by atoms with Gasteiger partial charge in [0, 0.05) is 13.1 Å². The molecule has 0 atom stereocenters. The number of nitrogens with zero attached hydrogens (tertiary/aromatic N) is 1. The average molecular weight is 210 g/mol. The Bertz CT molecular complexity index is 351. The molecule has 0 saturated heterocycles. The number of aryl methyl sites for hydroxylation is 1. The number of halogens is 1. The first-order chi connectivity index (χ1) is 6.77. The molecule has 1 aliphatic rings. The lowest BCUT2D eigenvalue weighted by Crippen LogP contribution is -2.25. The van der Waals surface area contributed by atoms with Crippen LogP contribution in [0.25, 0.3) is 0 Å². The van der Waals surface area contributed by atoms with Crippen LogP contribution in [0.4, 0.5) is 4.79 Å². The van der Waals surface area contributed by atoms with Crippen LogP contribution >= 0.6 is 11.6 Å². The van der Waals surface area contributed by atoms with Crippen molar-refractivity contribution in [2.75, 3.05) is 6.54 Å². The highest BCUT2D eigenvalue weighted by Gasteiger charge is 2.16. The van der Waals surface area contributed by atoms with Crippen LogP contribution in [0.15, 0.2) is 24.3 Å². The number of amides is 1. The first-order valence-corrected chi connectivity index (χ1v) is 5.16. The topological polar surface area (TPSA) is 20.3 Å². The summed E-state index contributed by atoms with van der Waals surface area (Å²) in [5.41, 5.74) is 2.56. The van der Waals surface area contributed by atoms with E-state index in [9.17, 15) is 4.79 Å². The van der Waals surface area contributed by atoms with Crippen molar-refractivity contribution in [2.24, 2.45) is 0 Å². The highest BCUT2D eigenvalue weighted by atomic mass is 35.5. The monoisotopic (exact) mass is 209 g/mol. The van der Waals surface area contributed by atoms with Crippen molar-refractivity contribution < 1.29 is 4.79 Å². The summed E-state index contributed by atoms with van der Waals surface area (Å²) in [6.45, 7) is 1.41. The van der Waals surface area contributed by atoms with E-state index in [1.165, 1.54) is 11.1 Å². The molecule has 0 unspecified atom stereocenters. The van der Waals surface area contributed by atoms with Crippen LogP contribution in [0.3, 0.4) is 0 Å². The molecule has 1 heterocycles. The van der Waals surface area contributed by atoms with E-state index in [2.05, 4.69) is 12.1 Å². The Morgan fingerprint density at radius 1 is 1.29 bits per heavy atom. The van der Waals surface area contributed by atoms with Gasteiger partial charge in [0.1, 0.15) is 0 Å². The Balaban J connectivity index is 2.26. The first kappa shape index (κ1) is 9.53. The van der Waals surface area contributed by atoms with Gasteiger partial charge in [0.05, 0.1) is 0 Å². The fraction of sp³-hybridized carbons (Fsp3) is 0.364. The van der Waals surface area contributed by atoms with Crippen molar-refractivity contribution in [3.8, 4) is 0 Å². The Morgan fingerprint density at radius 3 is 2.71 bits per heavy atom. The fourth-order valence-electron chi connectivity index (χ4n) is 1.85. The smallest absolute Gasteiger partial charge is 0.316 e. The summed E-state index contributed by atoms with van der Waals surface area (Å²) in [5, 5.41) is -0.346. The molecule has 1 aliphatic heterocycles. The zero-order valence-corrected chi connectivity index (χ0v) is 8.63. The Labute approximate surface area is 88.5 Å². The maximum atomic E-state index is 11.1. The zero-order valence-electron chi connectivity index (χ0n) is 7.87. The van der Waals surface area contributed by atoms with Crippen molar-refractivity contribution in [3.05, 3.63) is 35.4 Å². The third-order valence-electron chi connectivity index (χ3n) is 2.60. The second-order valence-electron chi connectivity index (χ2n) is 3.55. The van der Waals surface area contributed by atoms with E-state index >= 15 is 0 Å². The molecule has 2 rings (SSSR count). The van der Waals surface area contributed by atoms with Gasteiger partial charge in [0.15, 0.2) is 0 Å². The second kappa shape index (κ2) is 4.01. The minimum atomic E-state index is -0.346. The summed E-state index contributed by atoms with van der Waals surface area (Å²) in [5.74, 6) is 0. The van der Waals surface area contributed by atoms with Gasteiger partial charge in [0.25, 0.3) is 0 Å². The Kier molecular flexibility index (Phi) is 2.73. The molecule has 0 aliphatic carbocycles. The zero-order chi connectivity index (χ0) is 9.97. The second-order valence-corrected chi connectivity index (χ2v) is 3.87. The number of hydrogen-bond acceptors (Lipinski definition) is 1. The van der Waals surface area contributed by atoms with E-state index in [1.54, 1.807) is 4.90 Å². The molecule has 1 amide bonds. The molecule has 0 bridgehead atoms. The lowest BCUT2D eigenvalue weighted by atomic mass is 10.0. The average Bonchev–Trinajstić information content (AvgIpc) is 2.39. The molecule has 3 heteroatoms. The van der Waals surface area contributed by atoms with Crippen LogP contribution in [0.1, 0.15) is 17.5 Å². The van der Waals surface area contributed by atoms with Gasteiger partial charge in [-0.3, -0.25) is 4.79 Å². The number of rotatable bonds is 0. The third kappa shape index (κ3) is 1.90. The van der Waals surface area contributed by atoms with Crippen LogP contribution in [-0.2, 0) is 13.0 Å². The van der Waals surface area contributed by atoms with Crippen molar-refractivity contribution in [2.45, 2.75) is 19.4 Å². The van der Waals surface area contributed by atoms with Crippen LogP contribution in [0, 0.1) is 0 Å². The van der Waals surface area contributed by atoms with E-state index in [-0.39, 0.29) is 5.37 Å². The Morgan fingerprint density at radius 2 is 2.00 bits per heavy atom. The third-order valence-corrected chi connectivity index (χ3v) is 2.84. The summed E-state index contributed by atoms with van der Waals surface area (Å²) < 4.78 is 0. The molecular formula is C11H12ClNO. The van der Waals surface area contributed by atoms with Gasteiger partial charge in [-0.2, -0.15) is 0 Å². The van der Waals surface area contributed by atoms with E-state index in [0.29, 0.717) is 6.54 Å². The Hall–Kier alpha value is -1.02. The number of carbonyl (C=O) groups excluding carboxylic acids is 1. The van der Waals surface area contributed by atoms with Gasteiger partial charge in [0.2, 0.25) is 0 Å². The van der Waals surface area contributed by atoms with Crippen molar-refractivity contribution in [1.29, 1.82) is 0 Å². The molecule has 74 valence electrons. The molecule has 1 aromatic rings. The van der Waals surface area contributed by atoms with Crippen LogP contribution in [0.2, 0.25) is 0 Å². The lowest BCUT2D eigenvalue weighted by Gasteiger charge is -2.16. The number of carbonyl (C=O) groups is 1. The minimum absolute atomic E-state index is 0.346. The molecule has 2 nitrogen and oxygen atoms in total. The highest BCUT2D eigenvalue weighted by Crippen LogP contribution is 2.19. The molecule has 0 aromatic heterocycles. The van der Waals surface area contributed by atoms with E-state index in [1.807, 2.05) is 12.1 Å². The normalized spacial score (nSPS) is 15.9. The summed E-state index contributed by atoms with van der Waals surface area (Å²) in [7, 11) is 0. The van der Waals surface area contributed by atoms with Gasteiger partial charge >= 0.3 is 5.37 Å². The van der Waals surface area contributed by atoms with Gasteiger partial charge in [-0.05, 0) is 35.6 Å². The SMILES string of the molecule is O=C(Cl)N1CCCc2ccccc2C1. The van der Waals surface area contributed by atoms with Crippen molar-refractivity contribution in [3.63, 3.8) is 0 Å². The van der Waals surface area contributed by atoms with Crippen LogP contribution in [0.5, 0.6) is 0 Å². The fourth-order valence-corrected chi connectivity index (χ4v) is 2.00. The van der Waals surface area contributed by atoms with Crippen molar-refractivity contribution >= 4 is 17.0 Å². The summed E-state index contributed by atoms with van der Waals surface area (Å²) >= 11 is 5.48.